The number of likely N-dealkylation sites (N-methyl/N-ethyl adjacent to an activating group) is 1. The Morgan fingerprint density at radius 3 is 2.42 bits per heavy atom. The number of rotatable bonds is 5. The molecule has 1 aliphatic heterocycles. The maximum absolute atomic E-state index is 6.21. The minimum atomic E-state index is 0. The average Bonchev–Trinajstić information content (AvgIpc) is 2.58. The summed E-state index contributed by atoms with van der Waals surface area (Å²) in [5.41, 5.74) is 2.36. The number of hydrogen-bond acceptors (Lipinski definition) is 4. The molecular weight excluding hydrogens is 343 g/mol. The van der Waals surface area contributed by atoms with Crippen molar-refractivity contribution in [3.63, 3.8) is 0 Å². The van der Waals surface area contributed by atoms with Gasteiger partial charge in [0.2, 0.25) is 0 Å². The molecule has 130 valence electrons. The molecule has 1 aromatic carbocycles. The molecule has 0 spiro atoms. The minimum Gasteiger partial charge on any atom is -0.354 e. The van der Waals surface area contributed by atoms with Crippen LogP contribution in [0.5, 0.6) is 0 Å². The smallest absolute Gasteiger partial charge is 0.133 e. The van der Waals surface area contributed by atoms with Crippen LogP contribution in [0, 0.1) is 0 Å². The normalized spacial score (nSPS) is 15.2. The molecule has 0 atom stereocenters. The highest BCUT2D eigenvalue weighted by Crippen LogP contribution is 2.19. The number of hydrogen-bond donors (Lipinski definition) is 1. The fourth-order valence-electron chi connectivity index (χ4n) is 2.84. The van der Waals surface area contributed by atoms with E-state index in [-0.39, 0.29) is 12.4 Å². The van der Waals surface area contributed by atoms with E-state index in [4.69, 9.17) is 11.6 Å². The van der Waals surface area contributed by atoms with E-state index >= 15 is 0 Å². The van der Waals surface area contributed by atoms with E-state index in [0.29, 0.717) is 0 Å². The quantitative estimate of drug-likeness (QED) is 0.880. The van der Waals surface area contributed by atoms with Crippen molar-refractivity contribution >= 4 is 29.8 Å². The highest BCUT2D eigenvalue weighted by atomic mass is 35.5. The van der Waals surface area contributed by atoms with Gasteiger partial charge in [-0.05, 0) is 24.7 Å². The van der Waals surface area contributed by atoms with Gasteiger partial charge in [0.1, 0.15) is 5.82 Å². The first-order valence-electron chi connectivity index (χ1n) is 8.05. The Kier molecular flexibility index (Phi) is 7.31. The fraction of sp³-hybridized carbons (Fsp3) is 0.389. The Labute approximate surface area is 155 Å². The molecule has 24 heavy (non-hydrogen) atoms. The number of piperazine rings is 1. The molecule has 1 saturated heterocycles. The molecule has 2 heterocycles. The molecule has 3 rings (SSSR count). The Morgan fingerprint density at radius 2 is 1.67 bits per heavy atom. The summed E-state index contributed by atoms with van der Waals surface area (Å²) in [5.74, 6) is 1.10. The van der Waals surface area contributed by atoms with Gasteiger partial charge in [0.05, 0.1) is 0 Å². The van der Waals surface area contributed by atoms with Crippen LogP contribution in [-0.2, 0) is 13.1 Å². The van der Waals surface area contributed by atoms with Crippen LogP contribution in [0.25, 0.3) is 0 Å². The molecular formula is C18H24Cl2N4. The minimum absolute atomic E-state index is 0. The van der Waals surface area contributed by atoms with Crippen LogP contribution >= 0.6 is 24.0 Å². The zero-order valence-corrected chi connectivity index (χ0v) is 15.5. The first-order valence-corrected chi connectivity index (χ1v) is 8.43. The topological polar surface area (TPSA) is 31.4 Å². The summed E-state index contributed by atoms with van der Waals surface area (Å²) in [5, 5.41) is 4.30. The van der Waals surface area contributed by atoms with Crippen LogP contribution in [0.15, 0.2) is 42.6 Å². The van der Waals surface area contributed by atoms with Gasteiger partial charge in [-0.3, -0.25) is 0 Å². The number of nitrogens with one attached hydrogen (secondary N) is 1. The fourth-order valence-corrected chi connectivity index (χ4v) is 3.05. The molecule has 2 aromatic rings. The summed E-state index contributed by atoms with van der Waals surface area (Å²) >= 11 is 6.21. The van der Waals surface area contributed by atoms with Crippen molar-refractivity contribution < 1.29 is 0 Å². The number of aromatic nitrogens is 1. The second-order valence-corrected chi connectivity index (χ2v) is 6.38. The van der Waals surface area contributed by atoms with E-state index < -0.39 is 0 Å². The highest BCUT2D eigenvalue weighted by molar-refractivity contribution is 6.31. The molecule has 0 radical (unpaired) electrons. The Bertz CT molecular complexity index is 642. The van der Waals surface area contributed by atoms with Crippen molar-refractivity contribution in [2.24, 2.45) is 0 Å². The number of anilines is 1. The van der Waals surface area contributed by atoms with Crippen LogP contribution in [-0.4, -0.2) is 43.1 Å². The van der Waals surface area contributed by atoms with Crippen molar-refractivity contribution in [2.45, 2.75) is 13.1 Å². The van der Waals surface area contributed by atoms with E-state index in [1.54, 1.807) is 0 Å². The van der Waals surface area contributed by atoms with E-state index in [1.807, 2.05) is 30.5 Å². The molecule has 0 amide bonds. The van der Waals surface area contributed by atoms with Crippen molar-refractivity contribution in [1.29, 1.82) is 0 Å². The van der Waals surface area contributed by atoms with Crippen LogP contribution < -0.4 is 10.2 Å². The van der Waals surface area contributed by atoms with Crippen molar-refractivity contribution in [3.05, 3.63) is 58.7 Å². The molecule has 1 aromatic heterocycles. The molecule has 4 nitrogen and oxygen atoms in total. The Morgan fingerprint density at radius 1 is 1.00 bits per heavy atom. The lowest BCUT2D eigenvalue weighted by atomic mass is 10.2. The maximum Gasteiger partial charge on any atom is 0.133 e. The molecule has 1 N–H and O–H groups in total. The molecule has 0 aliphatic carbocycles. The molecule has 6 heteroatoms. The number of nitrogens with zero attached hydrogens (tertiary/aromatic N) is 3. The lowest BCUT2D eigenvalue weighted by Crippen LogP contribution is -2.45. The molecule has 1 fully saturated rings. The van der Waals surface area contributed by atoms with Gasteiger partial charge in [0, 0.05) is 56.1 Å². The van der Waals surface area contributed by atoms with Crippen LogP contribution in [0.3, 0.4) is 0 Å². The van der Waals surface area contributed by atoms with Gasteiger partial charge < -0.3 is 15.1 Å². The summed E-state index contributed by atoms with van der Waals surface area (Å²) < 4.78 is 0. The Balaban J connectivity index is 0.00000208. The van der Waals surface area contributed by atoms with E-state index in [0.717, 1.165) is 55.7 Å². The SMILES string of the molecule is CN1CCN(c2ncccc2CNCc2ccccc2Cl)CC1.Cl. The maximum atomic E-state index is 6.21. The van der Waals surface area contributed by atoms with Gasteiger partial charge in [-0.15, -0.1) is 12.4 Å². The summed E-state index contributed by atoms with van der Waals surface area (Å²) in [6.45, 7) is 5.79. The van der Waals surface area contributed by atoms with Crippen LogP contribution in [0.1, 0.15) is 11.1 Å². The predicted octanol–water partition coefficient (Wildman–Crippen LogP) is 3.20. The lowest BCUT2D eigenvalue weighted by Gasteiger charge is -2.34. The van der Waals surface area contributed by atoms with Gasteiger partial charge in [-0.2, -0.15) is 0 Å². The molecule has 1 aliphatic rings. The number of benzene rings is 1. The van der Waals surface area contributed by atoms with Crippen molar-refractivity contribution in [1.82, 2.24) is 15.2 Å². The van der Waals surface area contributed by atoms with Crippen LogP contribution in [0.2, 0.25) is 5.02 Å². The third kappa shape index (κ3) is 4.84. The third-order valence-electron chi connectivity index (χ3n) is 4.26. The molecule has 0 saturated carbocycles. The first kappa shape index (κ1) is 19.0. The van der Waals surface area contributed by atoms with Gasteiger partial charge >= 0.3 is 0 Å². The zero-order chi connectivity index (χ0) is 16.1. The van der Waals surface area contributed by atoms with Gasteiger partial charge in [0.25, 0.3) is 0 Å². The third-order valence-corrected chi connectivity index (χ3v) is 4.63. The standard InChI is InChI=1S/C18H23ClN4.ClH/c1-22-9-11-23(12-10-22)18-16(6-4-8-21-18)14-20-13-15-5-2-3-7-17(15)19;/h2-8,20H,9-14H2,1H3;1H. The number of pyridine rings is 1. The van der Waals surface area contributed by atoms with E-state index in [9.17, 15) is 0 Å². The zero-order valence-electron chi connectivity index (χ0n) is 13.9. The summed E-state index contributed by atoms with van der Waals surface area (Å²) in [6.07, 6.45) is 1.88. The monoisotopic (exact) mass is 366 g/mol. The van der Waals surface area contributed by atoms with Gasteiger partial charge in [-0.25, -0.2) is 4.98 Å². The summed E-state index contributed by atoms with van der Waals surface area (Å²) in [4.78, 5) is 9.35. The van der Waals surface area contributed by atoms with Crippen LogP contribution in [0.4, 0.5) is 5.82 Å². The largest absolute Gasteiger partial charge is 0.354 e. The van der Waals surface area contributed by atoms with E-state index in [1.165, 1.54) is 5.56 Å². The Hall–Kier alpha value is -1.33. The summed E-state index contributed by atoms with van der Waals surface area (Å²) in [7, 11) is 2.17. The second kappa shape index (κ2) is 9.23. The summed E-state index contributed by atoms with van der Waals surface area (Å²) in [6, 6.07) is 12.1. The predicted molar refractivity (Wildman–Crippen MR) is 103 cm³/mol. The van der Waals surface area contributed by atoms with Gasteiger partial charge in [-0.1, -0.05) is 35.9 Å². The van der Waals surface area contributed by atoms with E-state index in [2.05, 4.69) is 39.3 Å². The lowest BCUT2D eigenvalue weighted by molar-refractivity contribution is 0.311. The van der Waals surface area contributed by atoms with Gasteiger partial charge in [0.15, 0.2) is 0 Å². The second-order valence-electron chi connectivity index (χ2n) is 5.97. The molecule has 0 bridgehead atoms. The molecule has 0 unspecified atom stereocenters. The van der Waals surface area contributed by atoms with Crippen molar-refractivity contribution in [2.75, 3.05) is 38.1 Å². The average molecular weight is 367 g/mol. The highest BCUT2D eigenvalue weighted by Gasteiger charge is 2.17. The number of halogens is 2. The first-order chi connectivity index (χ1) is 11.2. The van der Waals surface area contributed by atoms with Crippen molar-refractivity contribution in [3.8, 4) is 0 Å².